The molecular formula is C16H21NO6. The van der Waals surface area contributed by atoms with Crippen molar-refractivity contribution in [1.29, 1.82) is 0 Å². The molecule has 2 aliphatic heterocycles. The number of benzene rings is 1. The SMILES string of the molecule is COC(=O)CN1CC[C@@H](Oc2cccc3c2OCCO3)[C@H](O)C1. The second-order valence-electron chi connectivity index (χ2n) is 5.60. The van der Waals surface area contributed by atoms with Crippen LogP contribution in [0.3, 0.4) is 0 Å². The fourth-order valence-electron chi connectivity index (χ4n) is 2.81. The Morgan fingerprint density at radius 1 is 1.39 bits per heavy atom. The Bertz CT molecular complexity index is 564. The van der Waals surface area contributed by atoms with Crippen molar-refractivity contribution >= 4 is 5.97 Å². The molecule has 7 nitrogen and oxygen atoms in total. The van der Waals surface area contributed by atoms with Crippen LogP contribution in [-0.4, -0.2) is 68.1 Å². The molecule has 0 aromatic heterocycles. The zero-order valence-electron chi connectivity index (χ0n) is 13.1. The lowest BCUT2D eigenvalue weighted by Crippen LogP contribution is -2.50. The molecule has 3 rings (SSSR count). The number of hydrogen-bond acceptors (Lipinski definition) is 7. The van der Waals surface area contributed by atoms with E-state index in [2.05, 4.69) is 4.74 Å². The average Bonchev–Trinajstić information content (AvgIpc) is 2.57. The van der Waals surface area contributed by atoms with Crippen molar-refractivity contribution < 1.29 is 28.8 Å². The maximum Gasteiger partial charge on any atom is 0.319 e. The van der Waals surface area contributed by atoms with Gasteiger partial charge in [-0.15, -0.1) is 0 Å². The third kappa shape index (κ3) is 3.68. The summed E-state index contributed by atoms with van der Waals surface area (Å²) in [6.07, 6.45) is -0.419. The first kappa shape index (κ1) is 15.9. The van der Waals surface area contributed by atoms with E-state index in [1.165, 1.54) is 7.11 Å². The first-order valence-electron chi connectivity index (χ1n) is 7.70. The number of aliphatic hydroxyl groups excluding tert-OH is 1. The molecule has 0 aliphatic carbocycles. The molecule has 23 heavy (non-hydrogen) atoms. The Morgan fingerprint density at radius 2 is 2.22 bits per heavy atom. The van der Waals surface area contributed by atoms with Crippen LogP contribution in [0, 0.1) is 0 Å². The molecule has 1 saturated heterocycles. The number of β-amino-alcohol motifs (C(OH)–C–C–N with tert-alkyl or cyclic N) is 1. The van der Waals surface area contributed by atoms with Crippen molar-refractivity contribution in [2.75, 3.05) is 40.0 Å². The van der Waals surface area contributed by atoms with E-state index in [-0.39, 0.29) is 18.6 Å². The van der Waals surface area contributed by atoms with Crippen molar-refractivity contribution in [3.63, 3.8) is 0 Å². The second-order valence-corrected chi connectivity index (χ2v) is 5.60. The lowest BCUT2D eigenvalue weighted by atomic mass is 10.0. The van der Waals surface area contributed by atoms with Gasteiger partial charge in [-0.05, 0) is 18.6 Å². The van der Waals surface area contributed by atoms with E-state index in [4.69, 9.17) is 14.2 Å². The first-order valence-corrected chi connectivity index (χ1v) is 7.70. The zero-order valence-corrected chi connectivity index (χ0v) is 13.1. The largest absolute Gasteiger partial charge is 0.486 e. The molecule has 1 aromatic carbocycles. The predicted molar refractivity (Wildman–Crippen MR) is 80.9 cm³/mol. The summed E-state index contributed by atoms with van der Waals surface area (Å²) in [7, 11) is 1.36. The van der Waals surface area contributed by atoms with E-state index in [1.54, 1.807) is 6.07 Å². The summed E-state index contributed by atoms with van der Waals surface area (Å²) in [6.45, 7) is 2.20. The van der Waals surface area contributed by atoms with Crippen molar-refractivity contribution in [3.8, 4) is 17.2 Å². The van der Waals surface area contributed by atoms with E-state index in [0.717, 1.165) is 0 Å². The van der Waals surface area contributed by atoms with Gasteiger partial charge < -0.3 is 24.1 Å². The topological polar surface area (TPSA) is 77.5 Å². The number of para-hydroxylation sites is 1. The van der Waals surface area contributed by atoms with Gasteiger partial charge in [-0.1, -0.05) is 6.07 Å². The summed E-state index contributed by atoms with van der Waals surface area (Å²) in [5.74, 6) is 1.52. The number of fused-ring (bicyclic) bond motifs is 1. The van der Waals surface area contributed by atoms with Gasteiger partial charge in [0.05, 0.1) is 13.7 Å². The van der Waals surface area contributed by atoms with Crippen LogP contribution >= 0.6 is 0 Å². The number of piperidine rings is 1. The third-order valence-corrected chi connectivity index (χ3v) is 3.99. The van der Waals surface area contributed by atoms with E-state index in [9.17, 15) is 9.90 Å². The second kappa shape index (κ2) is 7.06. The van der Waals surface area contributed by atoms with Crippen molar-refractivity contribution in [1.82, 2.24) is 4.90 Å². The normalized spacial score (nSPS) is 24.1. The van der Waals surface area contributed by atoms with Crippen LogP contribution in [0.5, 0.6) is 17.2 Å². The number of methoxy groups -OCH3 is 1. The number of carbonyl (C=O) groups excluding carboxylic acids is 1. The highest BCUT2D eigenvalue weighted by atomic mass is 16.6. The Hall–Kier alpha value is -1.99. The monoisotopic (exact) mass is 323 g/mol. The quantitative estimate of drug-likeness (QED) is 0.806. The van der Waals surface area contributed by atoms with Gasteiger partial charge >= 0.3 is 5.97 Å². The van der Waals surface area contributed by atoms with Gasteiger partial charge in [0.15, 0.2) is 11.5 Å². The minimum Gasteiger partial charge on any atom is -0.486 e. The highest BCUT2D eigenvalue weighted by Crippen LogP contribution is 2.40. The molecule has 0 radical (unpaired) electrons. The molecule has 7 heteroatoms. The molecule has 0 bridgehead atoms. The molecule has 2 heterocycles. The smallest absolute Gasteiger partial charge is 0.319 e. The molecular weight excluding hydrogens is 302 g/mol. The number of esters is 1. The van der Waals surface area contributed by atoms with Crippen molar-refractivity contribution in [2.24, 2.45) is 0 Å². The first-order chi connectivity index (χ1) is 11.2. The maximum absolute atomic E-state index is 11.3. The van der Waals surface area contributed by atoms with Crippen LogP contribution in [-0.2, 0) is 9.53 Å². The van der Waals surface area contributed by atoms with Crippen LogP contribution < -0.4 is 14.2 Å². The number of likely N-dealkylation sites (tertiary alicyclic amines) is 1. The van der Waals surface area contributed by atoms with Crippen molar-refractivity contribution in [3.05, 3.63) is 18.2 Å². The molecule has 126 valence electrons. The molecule has 0 unspecified atom stereocenters. The van der Waals surface area contributed by atoms with E-state index >= 15 is 0 Å². The summed E-state index contributed by atoms with van der Waals surface area (Å²) >= 11 is 0. The van der Waals surface area contributed by atoms with Gasteiger partial charge in [0.1, 0.15) is 25.4 Å². The molecule has 0 spiro atoms. The summed E-state index contributed by atoms with van der Waals surface area (Å²) in [5, 5.41) is 10.3. The van der Waals surface area contributed by atoms with E-state index in [1.807, 2.05) is 17.0 Å². The fraction of sp³-hybridized carbons (Fsp3) is 0.562. The molecule has 2 atom stereocenters. The van der Waals surface area contributed by atoms with Gasteiger partial charge in [0.25, 0.3) is 0 Å². The zero-order chi connectivity index (χ0) is 16.2. The summed E-state index contributed by atoms with van der Waals surface area (Å²) in [5.41, 5.74) is 0. The fourth-order valence-corrected chi connectivity index (χ4v) is 2.81. The molecule has 2 aliphatic rings. The predicted octanol–water partition coefficient (Wildman–Crippen LogP) is 0.445. The van der Waals surface area contributed by atoms with Crippen LogP contribution in [0.2, 0.25) is 0 Å². The van der Waals surface area contributed by atoms with Gasteiger partial charge in [0, 0.05) is 13.1 Å². The number of hydrogen-bond donors (Lipinski definition) is 1. The Morgan fingerprint density at radius 3 is 3.00 bits per heavy atom. The molecule has 1 fully saturated rings. The number of rotatable bonds is 4. The number of aliphatic hydroxyl groups is 1. The van der Waals surface area contributed by atoms with Crippen molar-refractivity contribution in [2.45, 2.75) is 18.6 Å². The van der Waals surface area contributed by atoms with Crippen LogP contribution in [0.25, 0.3) is 0 Å². The van der Waals surface area contributed by atoms with Crippen LogP contribution in [0.4, 0.5) is 0 Å². The van der Waals surface area contributed by atoms with Crippen LogP contribution in [0.1, 0.15) is 6.42 Å². The van der Waals surface area contributed by atoms with Gasteiger partial charge in [-0.3, -0.25) is 9.69 Å². The lowest BCUT2D eigenvalue weighted by Gasteiger charge is -2.35. The maximum atomic E-state index is 11.3. The Labute approximate surface area is 134 Å². The number of nitrogens with zero attached hydrogens (tertiary/aromatic N) is 1. The van der Waals surface area contributed by atoms with Gasteiger partial charge in [-0.25, -0.2) is 0 Å². The Kier molecular flexibility index (Phi) is 4.88. The highest BCUT2D eigenvalue weighted by molar-refractivity contribution is 5.71. The number of carbonyl (C=O) groups is 1. The standard InChI is InChI=1S/C16H21NO6/c1-20-15(19)10-17-6-5-12(11(18)9-17)23-14-4-2-3-13-16(14)22-8-7-21-13/h2-4,11-12,18H,5-10H2,1H3/t11-,12-/m1/s1. The third-order valence-electron chi connectivity index (χ3n) is 3.99. The summed E-state index contributed by atoms with van der Waals surface area (Å²) < 4.78 is 21.7. The average molecular weight is 323 g/mol. The minimum absolute atomic E-state index is 0.179. The molecule has 0 amide bonds. The minimum atomic E-state index is -0.686. The number of ether oxygens (including phenoxy) is 4. The summed E-state index contributed by atoms with van der Waals surface area (Å²) in [6, 6.07) is 5.47. The van der Waals surface area contributed by atoms with E-state index in [0.29, 0.717) is 50.0 Å². The molecule has 1 N–H and O–H groups in total. The van der Waals surface area contributed by atoms with Gasteiger partial charge in [-0.2, -0.15) is 0 Å². The van der Waals surface area contributed by atoms with E-state index < -0.39 is 6.10 Å². The lowest BCUT2D eigenvalue weighted by molar-refractivity contribution is -0.143. The van der Waals surface area contributed by atoms with Gasteiger partial charge in [0.2, 0.25) is 5.75 Å². The highest BCUT2D eigenvalue weighted by Gasteiger charge is 2.31. The molecule has 0 saturated carbocycles. The summed E-state index contributed by atoms with van der Waals surface area (Å²) in [4.78, 5) is 13.2. The molecule has 1 aromatic rings. The van der Waals surface area contributed by atoms with Crippen LogP contribution in [0.15, 0.2) is 18.2 Å². The Balaban J connectivity index is 1.62.